The van der Waals surface area contributed by atoms with Gasteiger partial charge in [-0.1, -0.05) is 133 Å². The summed E-state index contributed by atoms with van der Waals surface area (Å²) in [6.45, 7) is 0. The Morgan fingerprint density at radius 3 is 2.00 bits per heavy atom. The molecule has 3 unspecified atom stereocenters. The van der Waals surface area contributed by atoms with E-state index in [1.165, 1.54) is 54.0 Å². The molecule has 45 heavy (non-hydrogen) atoms. The van der Waals surface area contributed by atoms with Crippen molar-refractivity contribution >= 4 is 55.6 Å². The Bertz CT molecular complexity index is 2260. The molecule has 4 nitrogen and oxygen atoms in total. The number of amidine groups is 1. The minimum atomic E-state index is -0.221. The summed E-state index contributed by atoms with van der Waals surface area (Å²) in [5, 5.41) is 18.9. The molecule has 9 rings (SSSR count). The van der Waals surface area contributed by atoms with Crippen LogP contribution in [0.2, 0.25) is 0 Å². The van der Waals surface area contributed by atoms with Crippen LogP contribution in [0.25, 0.3) is 32.3 Å². The van der Waals surface area contributed by atoms with E-state index in [9.17, 15) is 0 Å². The fourth-order valence-electron chi connectivity index (χ4n) is 6.58. The van der Waals surface area contributed by atoms with Gasteiger partial charge in [0.1, 0.15) is 23.5 Å². The van der Waals surface area contributed by atoms with Crippen LogP contribution in [0.4, 0.5) is 5.69 Å². The van der Waals surface area contributed by atoms with Gasteiger partial charge in [0.2, 0.25) is 0 Å². The van der Waals surface area contributed by atoms with E-state index in [4.69, 9.17) is 4.99 Å². The summed E-state index contributed by atoms with van der Waals surface area (Å²) in [6, 6.07) is 52.2. The van der Waals surface area contributed by atoms with Gasteiger partial charge in [-0.15, -0.1) is 0 Å². The van der Waals surface area contributed by atoms with Crippen LogP contribution in [0.15, 0.2) is 155 Å². The maximum atomic E-state index is 5.27. The van der Waals surface area contributed by atoms with Crippen molar-refractivity contribution in [3.63, 3.8) is 0 Å². The lowest BCUT2D eigenvalue weighted by molar-refractivity contribution is 0.409. The molecule has 0 saturated carbocycles. The van der Waals surface area contributed by atoms with Crippen molar-refractivity contribution in [3.05, 3.63) is 168 Å². The molecule has 3 atom stereocenters. The molecule has 7 aromatic carbocycles. The lowest BCUT2D eigenvalue weighted by Crippen LogP contribution is -2.44. The van der Waals surface area contributed by atoms with E-state index in [1.54, 1.807) is 0 Å². The third-order valence-corrected chi connectivity index (χ3v) is 10.2. The van der Waals surface area contributed by atoms with Crippen LogP contribution < -0.4 is 16.0 Å². The normalized spacial score (nSPS) is 19.2. The molecule has 0 spiro atoms. The number of fused-ring (bicyclic) bond motifs is 5. The highest BCUT2D eigenvalue weighted by atomic mass is 32.2. The molecule has 3 N–H and O–H groups in total. The van der Waals surface area contributed by atoms with Crippen LogP contribution in [0.5, 0.6) is 0 Å². The Kier molecular flexibility index (Phi) is 6.32. The summed E-state index contributed by atoms with van der Waals surface area (Å²) in [5.74, 6) is 0.889. The van der Waals surface area contributed by atoms with Crippen LogP contribution in [-0.2, 0) is 0 Å². The largest absolute Gasteiger partial charge is 0.368 e. The molecule has 5 heteroatoms. The smallest absolute Gasteiger partial charge is 0.131 e. The number of hydrogen-bond donors (Lipinski definition) is 3. The molecule has 0 radical (unpaired) electrons. The van der Waals surface area contributed by atoms with Gasteiger partial charge in [-0.2, -0.15) is 0 Å². The zero-order valence-electron chi connectivity index (χ0n) is 24.4. The molecule has 0 saturated heterocycles. The topological polar surface area (TPSA) is 48.5 Å². The summed E-state index contributed by atoms with van der Waals surface area (Å²) < 4.78 is 0. The average molecular weight is 599 g/mol. The molecule has 0 bridgehead atoms. The van der Waals surface area contributed by atoms with Gasteiger partial charge in [-0.3, -0.25) is 5.32 Å². The molecular weight excluding hydrogens is 569 g/mol. The summed E-state index contributed by atoms with van der Waals surface area (Å²) in [5.41, 5.74) is 5.90. The van der Waals surface area contributed by atoms with E-state index >= 15 is 0 Å². The minimum absolute atomic E-state index is 0.112. The third-order valence-electron chi connectivity index (χ3n) is 8.94. The van der Waals surface area contributed by atoms with Crippen molar-refractivity contribution in [2.75, 3.05) is 5.32 Å². The van der Waals surface area contributed by atoms with Crippen molar-refractivity contribution in [2.24, 2.45) is 4.99 Å². The van der Waals surface area contributed by atoms with Crippen LogP contribution >= 0.6 is 11.8 Å². The number of thioether (sulfide) groups is 1. The highest BCUT2D eigenvalue weighted by Crippen LogP contribution is 2.49. The molecule has 0 aliphatic carbocycles. The average Bonchev–Trinajstić information content (AvgIpc) is 3.56. The summed E-state index contributed by atoms with van der Waals surface area (Å²) >= 11 is 1.88. The number of benzene rings is 7. The van der Waals surface area contributed by atoms with Crippen molar-refractivity contribution in [1.29, 1.82) is 0 Å². The van der Waals surface area contributed by atoms with Gasteiger partial charge in [-0.05, 0) is 67.9 Å². The Balaban J connectivity index is 1.10. The first-order valence-corrected chi connectivity index (χ1v) is 16.3. The molecule has 0 aromatic heterocycles. The van der Waals surface area contributed by atoms with Gasteiger partial charge in [-0.25, -0.2) is 4.99 Å². The second-order valence-electron chi connectivity index (χ2n) is 11.8. The van der Waals surface area contributed by atoms with Crippen LogP contribution in [0, 0.1) is 0 Å². The summed E-state index contributed by atoms with van der Waals surface area (Å²) in [4.78, 5) is 6.56. The Hall–Kier alpha value is -5.10. The molecule has 0 fully saturated rings. The molecule has 216 valence electrons. The predicted octanol–water partition coefficient (Wildman–Crippen LogP) is 9.70. The standard InChI is InChI=1S/C40H30N4S/c1-2-10-27(11-3-1)40-41-36-34-20-18-33(24-30(34)19-21-35(36)45-40)39-43-37(31-16-14-25-8-4-6-12-28(25)22-31)42-38(44-39)32-17-15-26-9-5-7-13-29(26)23-32/h1-24,37,39-41,43H,(H,42,44). The lowest BCUT2D eigenvalue weighted by atomic mass is 10.0. The van der Waals surface area contributed by atoms with Crippen molar-refractivity contribution < 1.29 is 0 Å². The number of aliphatic imine (C=N–C) groups is 1. The lowest BCUT2D eigenvalue weighted by Gasteiger charge is -2.32. The van der Waals surface area contributed by atoms with E-state index in [1.807, 2.05) is 11.8 Å². The highest BCUT2D eigenvalue weighted by Gasteiger charge is 2.28. The monoisotopic (exact) mass is 598 g/mol. The zero-order valence-corrected chi connectivity index (χ0v) is 25.3. The van der Waals surface area contributed by atoms with E-state index in [0.29, 0.717) is 0 Å². The second kappa shape index (κ2) is 10.8. The molecule has 2 aliphatic rings. The first-order chi connectivity index (χ1) is 22.2. The molecule has 7 aromatic rings. The fraction of sp³-hybridized carbons (Fsp3) is 0.0750. The van der Waals surface area contributed by atoms with E-state index in [-0.39, 0.29) is 17.7 Å². The summed E-state index contributed by atoms with van der Waals surface area (Å²) in [6.07, 6.45) is -0.333. The number of rotatable bonds is 4. The van der Waals surface area contributed by atoms with Crippen LogP contribution in [0.1, 0.15) is 40.0 Å². The molecule has 2 aliphatic heterocycles. The van der Waals surface area contributed by atoms with Crippen molar-refractivity contribution in [1.82, 2.24) is 10.6 Å². The molecule has 2 heterocycles. The van der Waals surface area contributed by atoms with E-state index in [2.05, 4.69) is 162 Å². The van der Waals surface area contributed by atoms with Crippen LogP contribution in [-0.4, -0.2) is 5.84 Å². The van der Waals surface area contributed by atoms with E-state index in [0.717, 1.165) is 17.0 Å². The first kappa shape index (κ1) is 26.3. The van der Waals surface area contributed by atoms with Gasteiger partial charge in [0, 0.05) is 15.8 Å². The van der Waals surface area contributed by atoms with Gasteiger partial charge in [0.15, 0.2) is 0 Å². The quantitative estimate of drug-likeness (QED) is 0.189. The van der Waals surface area contributed by atoms with E-state index < -0.39 is 0 Å². The number of nitrogens with one attached hydrogen (secondary N) is 3. The minimum Gasteiger partial charge on any atom is -0.368 e. The first-order valence-electron chi connectivity index (χ1n) is 15.4. The predicted molar refractivity (Wildman–Crippen MR) is 189 cm³/mol. The van der Waals surface area contributed by atoms with Gasteiger partial charge in [0.05, 0.1) is 5.69 Å². The number of nitrogens with zero attached hydrogens (tertiary/aromatic N) is 1. The number of anilines is 1. The Morgan fingerprint density at radius 1 is 0.511 bits per heavy atom. The van der Waals surface area contributed by atoms with Crippen molar-refractivity contribution in [2.45, 2.75) is 22.6 Å². The number of hydrogen-bond acceptors (Lipinski definition) is 5. The van der Waals surface area contributed by atoms with Crippen LogP contribution in [0.3, 0.4) is 0 Å². The maximum Gasteiger partial charge on any atom is 0.131 e. The fourth-order valence-corrected chi connectivity index (χ4v) is 7.74. The van der Waals surface area contributed by atoms with Gasteiger partial charge >= 0.3 is 0 Å². The Labute approximate surface area is 266 Å². The summed E-state index contributed by atoms with van der Waals surface area (Å²) in [7, 11) is 0. The third kappa shape index (κ3) is 4.81. The van der Waals surface area contributed by atoms with Gasteiger partial charge < -0.3 is 10.6 Å². The molecule has 0 amide bonds. The molecular formula is C40H30N4S. The van der Waals surface area contributed by atoms with Gasteiger partial charge in [0.25, 0.3) is 0 Å². The SMILES string of the molecule is c1ccc(C2Nc3c(ccc4cc(C5N=C(c6ccc7ccccc7c6)NC(c6ccc7ccccc7c6)N5)ccc34)S2)cc1. The maximum absolute atomic E-state index is 5.27. The zero-order chi connectivity index (χ0) is 29.7. The second-order valence-corrected chi connectivity index (χ2v) is 12.9. The van der Waals surface area contributed by atoms with Crippen molar-refractivity contribution in [3.8, 4) is 0 Å². The Morgan fingerprint density at radius 2 is 1.18 bits per heavy atom. The highest BCUT2D eigenvalue weighted by molar-refractivity contribution is 8.00.